The van der Waals surface area contributed by atoms with Gasteiger partial charge in [0.05, 0.1) is 25.7 Å². The normalized spacial score (nSPS) is 12.0. The van der Waals surface area contributed by atoms with Gasteiger partial charge in [0.2, 0.25) is 59.1 Å². The topological polar surface area (TPSA) is 383 Å². The molecule has 0 saturated heterocycles. The third kappa shape index (κ3) is 24.8. The molecule has 0 bridgehead atoms. The molecule has 3 atom stereocenters. The number of nitrogens with one attached hydrogen (secondary N) is 11. The number of carbonyl (C=O) groups is 10. The predicted molar refractivity (Wildman–Crippen MR) is 251 cm³/mol. The van der Waals surface area contributed by atoms with Crippen molar-refractivity contribution in [2.45, 2.75) is 109 Å². The van der Waals surface area contributed by atoms with Gasteiger partial charge in [0, 0.05) is 102 Å². The van der Waals surface area contributed by atoms with Gasteiger partial charge in [-0.3, -0.25) is 47.9 Å². The number of benzene rings is 1. The smallest absolute Gasteiger partial charge is 0.243 e. The van der Waals surface area contributed by atoms with E-state index in [4.69, 9.17) is 5.73 Å². The molecule has 0 saturated carbocycles. The van der Waals surface area contributed by atoms with Gasteiger partial charge in [0.1, 0.15) is 23.9 Å². The van der Waals surface area contributed by atoms with Gasteiger partial charge in [-0.1, -0.05) is 12.1 Å². The zero-order valence-corrected chi connectivity index (χ0v) is 39.3. The number of imidazole rings is 2. The van der Waals surface area contributed by atoms with Gasteiger partial charge in [-0.15, -0.1) is 0 Å². The Kier molecular flexibility index (Phi) is 25.8. The van der Waals surface area contributed by atoms with Crippen LogP contribution in [-0.2, 0) is 67.2 Å². The number of nitrogens with zero attached hydrogens (tertiary/aromatic N) is 2. The van der Waals surface area contributed by atoms with E-state index in [1.165, 1.54) is 31.7 Å². The van der Waals surface area contributed by atoms with Crippen LogP contribution in [0.25, 0.3) is 0 Å². The summed E-state index contributed by atoms with van der Waals surface area (Å²) >= 11 is 0. The van der Waals surface area contributed by atoms with E-state index in [0.29, 0.717) is 57.2 Å². The van der Waals surface area contributed by atoms with Crippen LogP contribution in [0.4, 0.5) is 0 Å². The van der Waals surface area contributed by atoms with Gasteiger partial charge in [0.15, 0.2) is 0 Å². The third-order valence-corrected chi connectivity index (χ3v) is 10.4. The van der Waals surface area contributed by atoms with Crippen LogP contribution < -0.4 is 53.6 Å². The maximum absolute atomic E-state index is 13.7. The van der Waals surface area contributed by atoms with E-state index in [0.717, 1.165) is 11.4 Å². The van der Waals surface area contributed by atoms with Crippen molar-refractivity contribution < 1.29 is 53.1 Å². The summed E-state index contributed by atoms with van der Waals surface area (Å²) in [5, 5.41) is 33.3. The lowest BCUT2D eigenvalue weighted by atomic mass is 10.0. The maximum Gasteiger partial charge on any atom is 0.243 e. The maximum atomic E-state index is 13.7. The first-order chi connectivity index (χ1) is 33.6. The Labute approximate surface area is 404 Å². The number of phenols is 1. The van der Waals surface area contributed by atoms with Crippen LogP contribution in [0.2, 0.25) is 0 Å². The number of unbranched alkanes of at least 4 members (excludes halogenated alkanes) is 2. The van der Waals surface area contributed by atoms with Crippen LogP contribution in [0.15, 0.2) is 49.3 Å². The number of nitrogens with two attached hydrogens (primary N) is 1. The number of carbonyl (C=O) groups excluding carboxylic acids is 10. The third-order valence-electron chi connectivity index (χ3n) is 10.4. The summed E-state index contributed by atoms with van der Waals surface area (Å²) in [5.41, 5.74) is 7.91. The molecule has 2 heterocycles. The van der Waals surface area contributed by atoms with Crippen LogP contribution in [-0.4, -0.2) is 142 Å². The van der Waals surface area contributed by atoms with Crippen LogP contribution in [0.1, 0.15) is 88.1 Å². The molecular formula is C45H66N14O11. The molecule has 0 radical (unpaired) electrons. The van der Waals surface area contributed by atoms with Crippen molar-refractivity contribution in [1.29, 1.82) is 0 Å². The van der Waals surface area contributed by atoms with Gasteiger partial charge in [0.25, 0.3) is 0 Å². The number of phenolic OH excluding ortho intramolecular Hbond substituents is 1. The molecule has 25 nitrogen and oxygen atoms in total. The monoisotopic (exact) mass is 979 g/mol. The van der Waals surface area contributed by atoms with Crippen LogP contribution in [0.3, 0.4) is 0 Å². The Morgan fingerprint density at radius 1 is 0.543 bits per heavy atom. The van der Waals surface area contributed by atoms with Gasteiger partial charge >= 0.3 is 0 Å². The molecule has 3 rings (SSSR count). The Hall–Kier alpha value is -7.86. The molecule has 1 aromatic carbocycles. The second-order valence-electron chi connectivity index (χ2n) is 16.2. The highest BCUT2D eigenvalue weighted by molar-refractivity contribution is 5.94. The predicted octanol–water partition coefficient (Wildman–Crippen LogP) is -2.58. The molecule has 3 aromatic rings. The van der Waals surface area contributed by atoms with Crippen LogP contribution in [0.5, 0.6) is 5.75 Å². The molecule has 0 aliphatic carbocycles. The lowest BCUT2D eigenvalue weighted by Gasteiger charge is -2.25. The van der Waals surface area contributed by atoms with E-state index >= 15 is 0 Å². The molecule has 25 heteroatoms. The fourth-order valence-electron chi connectivity index (χ4n) is 6.63. The summed E-state index contributed by atoms with van der Waals surface area (Å²) in [4.78, 5) is 139. The molecule has 0 fully saturated rings. The lowest BCUT2D eigenvalue weighted by molar-refractivity contribution is -0.133. The number of H-pyrrole nitrogens is 2. The molecule has 14 N–H and O–H groups in total. The molecule has 10 amide bonds. The number of amides is 10. The van der Waals surface area contributed by atoms with E-state index in [1.54, 1.807) is 24.5 Å². The highest BCUT2D eigenvalue weighted by Gasteiger charge is 2.29. The van der Waals surface area contributed by atoms with E-state index in [-0.39, 0.29) is 88.7 Å². The minimum absolute atomic E-state index is 0.0278. The van der Waals surface area contributed by atoms with Gasteiger partial charge in [-0.25, -0.2) is 9.97 Å². The first kappa shape index (κ1) is 56.5. The average Bonchev–Trinajstić information content (AvgIpc) is 4.06. The van der Waals surface area contributed by atoms with Crippen LogP contribution in [0, 0.1) is 0 Å². The van der Waals surface area contributed by atoms with Crippen LogP contribution >= 0.6 is 0 Å². The Balaban J connectivity index is 1.39. The summed E-state index contributed by atoms with van der Waals surface area (Å²) in [6.07, 6.45) is 8.77. The van der Waals surface area contributed by atoms with E-state index in [1.807, 2.05) is 0 Å². The zero-order chi connectivity index (χ0) is 51.1. The van der Waals surface area contributed by atoms with Gasteiger partial charge in [-0.2, -0.15) is 0 Å². The standard InChI is InChI=1S/C45H66N14O11/c1-29(60)57-35(7-3-5-19-50-42(67)26-54-40(65)15-13-38(63)52-21-17-32-24-48-28-56-32)44(69)59-36(22-30-8-10-33(61)11-9-30)45(70)58-34(43(46)68)6-2-4-18-49-41(66)25-53-39(64)14-12-37(62)51-20-16-31-23-47-27-55-31/h8-11,23-24,27-28,34-36,61H,2-7,12-22,25-26H2,1H3,(H2,46,68)(H,47,55)(H,48,56)(H,49,66)(H,50,67)(H,51,62)(H,52,63)(H,53,64)(H,54,65)(H,57,60)(H,58,70)(H,59,69)/t34?,35-,36-/m0/s1. The Morgan fingerprint density at radius 2 is 0.971 bits per heavy atom. The first-order valence-corrected chi connectivity index (χ1v) is 23.1. The SMILES string of the molecule is CC(=O)N[C@@H](CCCCNC(=O)CNC(=O)CCC(=O)NCCc1cnc[nH]1)C(=O)N[C@@H](Cc1ccc(O)cc1)C(=O)NC(CCCCNC(=O)CNC(=O)CCC(=O)NCCc1cnc[nH]1)C(N)=O. The van der Waals surface area contributed by atoms with Crippen molar-refractivity contribution in [3.8, 4) is 5.75 Å². The molecule has 1 unspecified atom stereocenters. The molecule has 382 valence electrons. The van der Waals surface area contributed by atoms with Gasteiger partial charge in [-0.05, 0) is 56.2 Å². The lowest BCUT2D eigenvalue weighted by Crippen LogP contribution is -2.57. The number of hydrogen-bond donors (Lipinski definition) is 13. The fourth-order valence-corrected chi connectivity index (χ4v) is 6.63. The summed E-state index contributed by atoms with van der Waals surface area (Å²) < 4.78 is 0. The summed E-state index contributed by atoms with van der Waals surface area (Å²) in [6.45, 7) is 1.73. The summed E-state index contributed by atoms with van der Waals surface area (Å²) in [6, 6.07) is 2.40. The number of aromatic amines is 2. The molecule has 2 aromatic heterocycles. The van der Waals surface area contributed by atoms with E-state index in [9.17, 15) is 53.1 Å². The first-order valence-electron chi connectivity index (χ1n) is 23.1. The highest BCUT2D eigenvalue weighted by atomic mass is 16.3. The zero-order valence-electron chi connectivity index (χ0n) is 39.3. The minimum atomic E-state index is -1.26. The van der Waals surface area contributed by atoms with Crippen molar-refractivity contribution in [2.24, 2.45) is 5.73 Å². The highest BCUT2D eigenvalue weighted by Crippen LogP contribution is 2.13. The van der Waals surface area contributed by atoms with Gasteiger partial charge < -0.3 is 68.7 Å². The van der Waals surface area contributed by atoms with Crippen molar-refractivity contribution in [2.75, 3.05) is 39.3 Å². The molecular weight excluding hydrogens is 913 g/mol. The number of aromatic nitrogens is 4. The fraction of sp³-hybridized carbons (Fsp3) is 0.511. The van der Waals surface area contributed by atoms with E-state index < -0.39 is 65.4 Å². The number of aromatic hydroxyl groups is 1. The number of hydrogen-bond acceptors (Lipinski definition) is 13. The average molecular weight is 979 g/mol. The molecule has 0 aliphatic heterocycles. The van der Waals surface area contributed by atoms with Crippen molar-refractivity contribution in [3.05, 3.63) is 66.3 Å². The molecule has 70 heavy (non-hydrogen) atoms. The largest absolute Gasteiger partial charge is 0.508 e. The van der Waals surface area contributed by atoms with Crippen molar-refractivity contribution in [3.63, 3.8) is 0 Å². The molecule has 0 aliphatic rings. The Morgan fingerprint density at radius 3 is 1.41 bits per heavy atom. The molecule has 0 spiro atoms. The van der Waals surface area contributed by atoms with E-state index in [2.05, 4.69) is 67.8 Å². The van der Waals surface area contributed by atoms with Crippen molar-refractivity contribution >= 4 is 59.1 Å². The number of primary amides is 1. The Bertz CT molecular complexity index is 2150. The summed E-state index contributed by atoms with van der Waals surface area (Å²) in [7, 11) is 0. The van der Waals surface area contributed by atoms with Crippen molar-refractivity contribution in [1.82, 2.24) is 67.8 Å². The minimum Gasteiger partial charge on any atom is -0.508 e. The quantitative estimate of drug-likeness (QED) is 0.0274. The second kappa shape index (κ2) is 32.0. The summed E-state index contributed by atoms with van der Waals surface area (Å²) in [5.74, 6) is -5.32. The second-order valence-corrected chi connectivity index (χ2v) is 16.2. The number of rotatable bonds is 34.